The number of aromatic nitrogens is 5. The fraction of sp³-hybridized carbons (Fsp3) is 0.273. The predicted octanol–water partition coefficient (Wildman–Crippen LogP) is 4.57. The number of halogens is 4. The minimum absolute atomic E-state index is 0.0120. The van der Waals surface area contributed by atoms with Gasteiger partial charge in [-0.2, -0.15) is 23.4 Å². The van der Waals surface area contributed by atoms with Gasteiger partial charge in [-0.15, -0.1) is 0 Å². The normalized spacial score (nSPS) is 11.7. The lowest BCUT2D eigenvalue weighted by Crippen LogP contribution is -2.27. The van der Waals surface area contributed by atoms with Gasteiger partial charge in [0.2, 0.25) is 0 Å². The minimum atomic E-state index is -4.77. The lowest BCUT2D eigenvalue weighted by molar-refractivity contribution is -0.142. The van der Waals surface area contributed by atoms with Gasteiger partial charge < -0.3 is 9.64 Å². The van der Waals surface area contributed by atoms with Crippen LogP contribution in [0.15, 0.2) is 42.6 Å². The molecule has 1 aromatic carbocycles. The molecule has 178 valence electrons. The summed E-state index contributed by atoms with van der Waals surface area (Å²) in [4.78, 5) is 18.6. The average Bonchev–Trinajstić information content (AvgIpc) is 3.41. The molecule has 0 radical (unpaired) electrons. The van der Waals surface area contributed by atoms with E-state index in [1.807, 2.05) is 6.92 Å². The molecule has 4 aromatic rings. The van der Waals surface area contributed by atoms with Crippen molar-refractivity contribution in [2.24, 2.45) is 0 Å². The first-order valence-electron chi connectivity index (χ1n) is 10.2. The van der Waals surface area contributed by atoms with Gasteiger partial charge in [-0.05, 0) is 31.2 Å². The first-order valence-corrected chi connectivity index (χ1v) is 10.6. The second-order valence-corrected chi connectivity index (χ2v) is 7.86. The third kappa shape index (κ3) is 4.43. The SMILES string of the molecule is CCn1ccc(CN(C)C(=O)c2nn3c(C(F)(F)F)cc(-c4cccc(OC)c4)nc3c2Cl)n1. The molecule has 1 amide bonds. The molecule has 0 saturated heterocycles. The van der Waals surface area contributed by atoms with Crippen LogP contribution < -0.4 is 4.74 Å². The highest BCUT2D eigenvalue weighted by Crippen LogP contribution is 2.35. The standard InChI is InChI=1S/C22H20ClF3N6O2/c1-4-31-9-8-14(28-31)12-30(2)21(33)19-18(23)20-27-16(13-6-5-7-15(10-13)34-3)11-17(22(24,25)26)32(20)29-19/h5-11H,4,12H2,1-3H3. The van der Waals surface area contributed by atoms with Crippen LogP contribution in [0.2, 0.25) is 5.02 Å². The lowest BCUT2D eigenvalue weighted by atomic mass is 10.1. The van der Waals surface area contributed by atoms with Crippen LogP contribution in [0.5, 0.6) is 5.75 Å². The largest absolute Gasteiger partial charge is 0.497 e. The van der Waals surface area contributed by atoms with Crippen LogP contribution in [-0.4, -0.2) is 49.3 Å². The van der Waals surface area contributed by atoms with Crippen molar-refractivity contribution in [1.29, 1.82) is 0 Å². The number of alkyl halides is 3. The van der Waals surface area contributed by atoms with Crippen molar-refractivity contribution in [3.8, 4) is 17.0 Å². The van der Waals surface area contributed by atoms with Gasteiger partial charge in [0.25, 0.3) is 5.91 Å². The fourth-order valence-electron chi connectivity index (χ4n) is 3.42. The van der Waals surface area contributed by atoms with Crippen LogP contribution in [-0.2, 0) is 19.3 Å². The Balaban J connectivity index is 1.78. The fourth-order valence-corrected chi connectivity index (χ4v) is 3.66. The second kappa shape index (κ2) is 8.98. The molecule has 0 unspecified atom stereocenters. The van der Waals surface area contributed by atoms with Crippen LogP contribution in [0.3, 0.4) is 0 Å². The summed E-state index contributed by atoms with van der Waals surface area (Å²) in [6.45, 7) is 2.72. The van der Waals surface area contributed by atoms with Gasteiger partial charge in [0, 0.05) is 25.4 Å². The predicted molar refractivity (Wildman–Crippen MR) is 119 cm³/mol. The summed E-state index contributed by atoms with van der Waals surface area (Å²) in [7, 11) is 2.94. The molecule has 0 spiro atoms. The van der Waals surface area contributed by atoms with E-state index in [0.29, 0.717) is 28.1 Å². The molecule has 0 aliphatic heterocycles. The van der Waals surface area contributed by atoms with E-state index in [-0.39, 0.29) is 28.6 Å². The number of benzene rings is 1. The van der Waals surface area contributed by atoms with Gasteiger partial charge >= 0.3 is 6.18 Å². The van der Waals surface area contributed by atoms with Gasteiger partial charge in [-0.3, -0.25) is 9.48 Å². The molecule has 3 heterocycles. The van der Waals surface area contributed by atoms with E-state index in [0.717, 1.165) is 6.07 Å². The molecule has 0 saturated carbocycles. The van der Waals surface area contributed by atoms with Crippen molar-refractivity contribution in [1.82, 2.24) is 29.3 Å². The Morgan fingerprint density at radius 1 is 1.21 bits per heavy atom. The van der Waals surface area contributed by atoms with Crippen molar-refractivity contribution >= 4 is 23.2 Å². The molecular weight excluding hydrogens is 473 g/mol. The Kier molecular flexibility index (Phi) is 6.22. The number of nitrogens with zero attached hydrogens (tertiary/aromatic N) is 6. The summed E-state index contributed by atoms with van der Waals surface area (Å²) in [6, 6.07) is 9.06. The number of rotatable bonds is 6. The molecule has 3 aromatic heterocycles. The van der Waals surface area contributed by atoms with Crippen LogP contribution >= 0.6 is 11.6 Å². The molecule has 0 aliphatic carbocycles. The average molecular weight is 493 g/mol. The van der Waals surface area contributed by atoms with E-state index in [1.165, 1.54) is 19.1 Å². The first-order chi connectivity index (χ1) is 16.1. The van der Waals surface area contributed by atoms with E-state index in [9.17, 15) is 18.0 Å². The van der Waals surface area contributed by atoms with Crippen molar-refractivity contribution < 1.29 is 22.7 Å². The maximum absolute atomic E-state index is 13.9. The van der Waals surface area contributed by atoms with Gasteiger partial charge in [0.15, 0.2) is 17.0 Å². The van der Waals surface area contributed by atoms with E-state index >= 15 is 0 Å². The van der Waals surface area contributed by atoms with Crippen molar-refractivity contribution in [3.05, 3.63) is 64.7 Å². The molecule has 4 rings (SSSR count). The first kappa shape index (κ1) is 23.6. The van der Waals surface area contributed by atoms with Crippen LogP contribution in [0.1, 0.15) is 28.8 Å². The Bertz CT molecular complexity index is 1360. The molecule has 0 aliphatic rings. The second-order valence-electron chi connectivity index (χ2n) is 7.48. The number of aryl methyl sites for hydroxylation is 1. The van der Waals surface area contributed by atoms with Gasteiger partial charge in [0.1, 0.15) is 10.8 Å². The number of carbonyl (C=O) groups excluding carboxylic acids is 1. The van der Waals surface area contributed by atoms with Crippen LogP contribution in [0.25, 0.3) is 16.9 Å². The Morgan fingerprint density at radius 2 is 1.97 bits per heavy atom. The third-order valence-corrected chi connectivity index (χ3v) is 5.51. The highest BCUT2D eigenvalue weighted by molar-refractivity contribution is 6.36. The minimum Gasteiger partial charge on any atom is -0.497 e. The lowest BCUT2D eigenvalue weighted by Gasteiger charge is -2.14. The Morgan fingerprint density at radius 3 is 2.62 bits per heavy atom. The molecule has 12 heteroatoms. The zero-order valence-electron chi connectivity index (χ0n) is 18.5. The Hall–Kier alpha value is -3.60. The molecule has 0 bridgehead atoms. The molecule has 0 fully saturated rings. The van der Waals surface area contributed by atoms with E-state index < -0.39 is 17.8 Å². The highest BCUT2D eigenvalue weighted by atomic mass is 35.5. The quantitative estimate of drug-likeness (QED) is 0.394. The topological polar surface area (TPSA) is 77.6 Å². The maximum atomic E-state index is 13.9. The van der Waals surface area contributed by atoms with Crippen LogP contribution in [0.4, 0.5) is 13.2 Å². The number of fused-ring (bicyclic) bond motifs is 1. The van der Waals surface area contributed by atoms with E-state index in [2.05, 4.69) is 15.2 Å². The Labute approximate surface area is 197 Å². The van der Waals surface area contributed by atoms with Crippen molar-refractivity contribution in [2.75, 3.05) is 14.2 Å². The zero-order valence-corrected chi connectivity index (χ0v) is 19.2. The maximum Gasteiger partial charge on any atom is 0.433 e. The molecule has 34 heavy (non-hydrogen) atoms. The summed E-state index contributed by atoms with van der Waals surface area (Å²) >= 11 is 6.36. The number of methoxy groups -OCH3 is 1. The van der Waals surface area contributed by atoms with Crippen molar-refractivity contribution in [3.63, 3.8) is 0 Å². The number of hydrogen-bond acceptors (Lipinski definition) is 5. The third-order valence-electron chi connectivity index (χ3n) is 5.16. The monoisotopic (exact) mass is 492 g/mol. The summed E-state index contributed by atoms with van der Waals surface area (Å²) in [5.41, 5.74) is -0.701. The molecule has 8 nitrogen and oxygen atoms in total. The summed E-state index contributed by atoms with van der Waals surface area (Å²) < 4.78 is 49.2. The van der Waals surface area contributed by atoms with Gasteiger partial charge in [-0.25, -0.2) is 9.50 Å². The number of hydrogen-bond donors (Lipinski definition) is 0. The summed E-state index contributed by atoms with van der Waals surface area (Å²) in [5, 5.41) is 7.93. The molecule has 0 N–H and O–H groups in total. The molecular formula is C22H20ClF3N6O2. The smallest absolute Gasteiger partial charge is 0.433 e. The van der Waals surface area contributed by atoms with Gasteiger partial charge in [-0.1, -0.05) is 23.7 Å². The number of ether oxygens (including phenoxy) is 1. The van der Waals surface area contributed by atoms with E-state index in [1.54, 1.807) is 41.2 Å². The summed E-state index contributed by atoms with van der Waals surface area (Å²) in [6.07, 6.45) is -3.01. The molecule has 0 atom stereocenters. The van der Waals surface area contributed by atoms with Crippen molar-refractivity contribution in [2.45, 2.75) is 26.2 Å². The van der Waals surface area contributed by atoms with Gasteiger partial charge in [0.05, 0.1) is 25.0 Å². The highest BCUT2D eigenvalue weighted by Gasteiger charge is 2.37. The van der Waals surface area contributed by atoms with Crippen LogP contribution in [0, 0.1) is 0 Å². The number of carbonyl (C=O) groups is 1. The van der Waals surface area contributed by atoms with E-state index in [4.69, 9.17) is 16.3 Å². The summed E-state index contributed by atoms with van der Waals surface area (Å²) in [5.74, 6) is -0.201. The number of amides is 1. The zero-order chi connectivity index (χ0) is 24.6.